The van der Waals surface area contributed by atoms with Gasteiger partial charge in [0.25, 0.3) is 0 Å². The molecule has 0 fully saturated rings. The fourth-order valence-electron chi connectivity index (χ4n) is 2.48. The van der Waals surface area contributed by atoms with E-state index in [1.807, 2.05) is 74.5 Å². The molecule has 3 N–H and O–H groups in total. The number of aliphatic imine (C=N–C) groups is 1. The first-order chi connectivity index (χ1) is 12.5. The highest BCUT2D eigenvalue weighted by Crippen LogP contribution is 2.20. The Bertz CT molecular complexity index is 672. The number of aliphatic hydroxyl groups is 1. The summed E-state index contributed by atoms with van der Waals surface area (Å²) < 4.78 is 5.86. The van der Waals surface area contributed by atoms with Crippen LogP contribution in [0.25, 0.3) is 0 Å². The molecule has 0 heterocycles. The molecule has 0 radical (unpaired) electrons. The normalized spacial score (nSPS) is 15.0. The lowest BCUT2D eigenvalue weighted by Gasteiger charge is -2.23. The molecule has 0 saturated carbocycles. The van der Waals surface area contributed by atoms with Gasteiger partial charge in [-0.25, -0.2) is 4.99 Å². The van der Waals surface area contributed by atoms with Gasteiger partial charge in [0.05, 0.1) is 13.1 Å². The smallest absolute Gasteiger partial charge is 0.191 e. The second-order valence-corrected chi connectivity index (χ2v) is 6.46. The monoisotopic (exact) mass is 355 g/mol. The summed E-state index contributed by atoms with van der Waals surface area (Å²) in [4.78, 5) is 4.53. The Kier molecular flexibility index (Phi) is 7.48. The lowest BCUT2D eigenvalue weighted by atomic mass is 9.96. The number of hydrogen-bond acceptors (Lipinski definition) is 3. The average Bonchev–Trinajstić information content (AvgIpc) is 2.65. The van der Waals surface area contributed by atoms with Crippen molar-refractivity contribution in [2.75, 3.05) is 19.6 Å². The number of guanidine groups is 1. The zero-order valence-corrected chi connectivity index (χ0v) is 15.8. The van der Waals surface area contributed by atoms with Gasteiger partial charge in [-0.15, -0.1) is 0 Å². The van der Waals surface area contributed by atoms with Crippen molar-refractivity contribution in [1.29, 1.82) is 0 Å². The van der Waals surface area contributed by atoms with E-state index in [1.165, 1.54) is 0 Å². The molecule has 5 heteroatoms. The van der Waals surface area contributed by atoms with Gasteiger partial charge in [-0.3, -0.25) is 0 Å². The van der Waals surface area contributed by atoms with Crippen LogP contribution in [-0.2, 0) is 5.60 Å². The van der Waals surface area contributed by atoms with Crippen LogP contribution in [-0.4, -0.2) is 36.8 Å². The predicted molar refractivity (Wildman–Crippen MR) is 107 cm³/mol. The molecule has 0 bridgehead atoms. The highest BCUT2D eigenvalue weighted by molar-refractivity contribution is 5.79. The standard InChI is InChI=1S/C21H29N3O2/c1-4-22-20(23-15-17(2)26-19-13-9-6-10-14-19)24-16-21(3,25)18-11-7-5-8-12-18/h5-14,17,25H,4,15-16H2,1-3H3,(H2,22,23,24). The molecule has 0 aliphatic carbocycles. The second-order valence-electron chi connectivity index (χ2n) is 6.46. The van der Waals surface area contributed by atoms with E-state index in [1.54, 1.807) is 6.92 Å². The van der Waals surface area contributed by atoms with E-state index >= 15 is 0 Å². The van der Waals surface area contributed by atoms with Gasteiger partial charge in [0.2, 0.25) is 0 Å². The van der Waals surface area contributed by atoms with E-state index in [2.05, 4.69) is 15.6 Å². The van der Waals surface area contributed by atoms with Crippen molar-refractivity contribution in [3.05, 3.63) is 66.2 Å². The number of nitrogens with one attached hydrogen (secondary N) is 2. The van der Waals surface area contributed by atoms with Crippen LogP contribution >= 0.6 is 0 Å². The average molecular weight is 355 g/mol. The minimum absolute atomic E-state index is 0.0177. The van der Waals surface area contributed by atoms with Gasteiger partial charge < -0.3 is 20.5 Å². The summed E-state index contributed by atoms with van der Waals surface area (Å²) in [6.07, 6.45) is -0.0177. The number of nitrogens with zero attached hydrogens (tertiary/aromatic N) is 1. The maximum absolute atomic E-state index is 10.7. The van der Waals surface area contributed by atoms with Crippen molar-refractivity contribution < 1.29 is 9.84 Å². The number of ether oxygens (including phenoxy) is 1. The summed E-state index contributed by atoms with van der Waals surface area (Å²) in [5.74, 6) is 1.50. The Balaban J connectivity index is 1.91. The summed E-state index contributed by atoms with van der Waals surface area (Å²) in [5, 5.41) is 17.2. The minimum atomic E-state index is -1.02. The Morgan fingerprint density at radius 2 is 1.69 bits per heavy atom. The molecule has 2 atom stereocenters. The van der Waals surface area contributed by atoms with Crippen molar-refractivity contribution in [3.8, 4) is 5.75 Å². The van der Waals surface area contributed by atoms with Crippen LogP contribution in [0.2, 0.25) is 0 Å². The minimum Gasteiger partial charge on any atom is -0.489 e. The molecule has 2 rings (SSSR count). The second kappa shape index (κ2) is 9.82. The molecule has 0 aliphatic heterocycles. The molecule has 5 nitrogen and oxygen atoms in total. The van der Waals surface area contributed by atoms with Crippen LogP contribution in [0.3, 0.4) is 0 Å². The summed E-state index contributed by atoms with van der Waals surface area (Å²) >= 11 is 0. The van der Waals surface area contributed by atoms with Gasteiger partial charge in [0.1, 0.15) is 17.5 Å². The van der Waals surface area contributed by atoms with E-state index < -0.39 is 5.60 Å². The Labute approximate surface area is 156 Å². The van der Waals surface area contributed by atoms with Crippen molar-refractivity contribution in [2.24, 2.45) is 4.99 Å². The van der Waals surface area contributed by atoms with E-state index in [0.29, 0.717) is 12.5 Å². The molecule has 0 saturated heterocycles. The number of hydrogen-bond donors (Lipinski definition) is 3. The van der Waals surface area contributed by atoms with Crippen molar-refractivity contribution in [2.45, 2.75) is 32.5 Å². The first-order valence-corrected chi connectivity index (χ1v) is 9.03. The molecule has 0 aromatic heterocycles. The van der Waals surface area contributed by atoms with E-state index in [4.69, 9.17) is 4.74 Å². The van der Waals surface area contributed by atoms with Crippen LogP contribution in [0.5, 0.6) is 5.75 Å². The van der Waals surface area contributed by atoms with Crippen molar-refractivity contribution in [3.63, 3.8) is 0 Å². The van der Waals surface area contributed by atoms with Gasteiger partial charge in [0.15, 0.2) is 5.96 Å². The highest BCUT2D eigenvalue weighted by atomic mass is 16.5. The third-order valence-corrected chi connectivity index (χ3v) is 3.92. The molecule has 2 aromatic carbocycles. The van der Waals surface area contributed by atoms with Crippen molar-refractivity contribution >= 4 is 5.96 Å². The lowest BCUT2D eigenvalue weighted by Crippen LogP contribution is -2.42. The first-order valence-electron chi connectivity index (χ1n) is 9.03. The molecule has 2 aromatic rings. The van der Waals surface area contributed by atoms with E-state index in [9.17, 15) is 5.11 Å². The Hall–Kier alpha value is -2.53. The van der Waals surface area contributed by atoms with Gasteiger partial charge in [-0.2, -0.15) is 0 Å². The molecule has 0 spiro atoms. The van der Waals surface area contributed by atoms with Crippen molar-refractivity contribution in [1.82, 2.24) is 10.6 Å². The lowest BCUT2D eigenvalue weighted by molar-refractivity contribution is 0.0672. The predicted octanol–water partition coefficient (Wildman–Crippen LogP) is 2.92. The van der Waals surface area contributed by atoms with Gasteiger partial charge in [0, 0.05) is 6.54 Å². The molecular formula is C21H29N3O2. The fraction of sp³-hybridized carbons (Fsp3) is 0.381. The van der Waals surface area contributed by atoms with Gasteiger partial charge in [-0.1, -0.05) is 48.5 Å². The van der Waals surface area contributed by atoms with E-state index in [0.717, 1.165) is 17.9 Å². The zero-order chi connectivity index (χ0) is 18.8. The number of benzene rings is 2. The zero-order valence-electron chi connectivity index (χ0n) is 15.8. The molecule has 0 amide bonds. The van der Waals surface area contributed by atoms with Gasteiger partial charge in [-0.05, 0) is 38.5 Å². The summed E-state index contributed by atoms with van der Waals surface area (Å²) in [6, 6.07) is 19.3. The summed E-state index contributed by atoms with van der Waals surface area (Å²) in [7, 11) is 0. The first kappa shape index (κ1) is 19.8. The quantitative estimate of drug-likeness (QED) is 0.503. The maximum Gasteiger partial charge on any atom is 0.191 e. The molecular weight excluding hydrogens is 326 g/mol. The molecule has 26 heavy (non-hydrogen) atoms. The van der Waals surface area contributed by atoms with Crippen LogP contribution < -0.4 is 15.4 Å². The number of rotatable bonds is 8. The third-order valence-electron chi connectivity index (χ3n) is 3.92. The topological polar surface area (TPSA) is 65.9 Å². The van der Waals surface area contributed by atoms with E-state index in [-0.39, 0.29) is 12.6 Å². The van der Waals surface area contributed by atoms with Crippen LogP contribution in [0.4, 0.5) is 0 Å². The summed E-state index contributed by atoms with van der Waals surface area (Å²) in [6.45, 7) is 7.40. The molecule has 0 aliphatic rings. The maximum atomic E-state index is 10.7. The summed E-state index contributed by atoms with van der Waals surface area (Å²) in [5.41, 5.74) is -0.171. The number of para-hydroxylation sites is 1. The Morgan fingerprint density at radius 3 is 2.31 bits per heavy atom. The van der Waals surface area contributed by atoms with Crippen LogP contribution in [0.15, 0.2) is 65.7 Å². The molecule has 2 unspecified atom stereocenters. The van der Waals surface area contributed by atoms with Crippen LogP contribution in [0.1, 0.15) is 26.3 Å². The fourth-order valence-corrected chi connectivity index (χ4v) is 2.48. The highest BCUT2D eigenvalue weighted by Gasteiger charge is 2.22. The Morgan fingerprint density at radius 1 is 1.08 bits per heavy atom. The van der Waals surface area contributed by atoms with Gasteiger partial charge >= 0.3 is 0 Å². The SMILES string of the molecule is CCNC(=NCC(C)(O)c1ccccc1)NCC(C)Oc1ccccc1. The molecule has 140 valence electrons. The van der Waals surface area contributed by atoms with Crippen LogP contribution in [0, 0.1) is 0 Å². The largest absolute Gasteiger partial charge is 0.489 e. The third kappa shape index (κ3) is 6.41.